The normalized spacial score (nSPS) is 12.2. The average molecular weight is 304 g/mol. The highest BCUT2D eigenvalue weighted by Crippen LogP contribution is 2.35. The number of hydrogen-bond acceptors (Lipinski definition) is 3. The molecule has 1 heterocycles. The highest BCUT2D eigenvalue weighted by atomic mass is 35.5. The number of halogens is 1. The fraction of sp³-hybridized carbons (Fsp3) is 0.188. The molecule has 0 atom stereocenters. The van der Waals surface area contributed by atoms with Crippen LogP contribution in [0.25, 0.3) is 0 Å². The summed E-state index contributed by atoms with van der Waals surface area (Å²) in [6, 6.07) is 12.9. The van der Waals surface area contributed by atoms with Crippen LogP contribution in [0, 0.1) is 0 Å². The van der Waals surface area contributed by atoms with Gasteiger partial charge in [0.05, 0.1) is 5.56 Å². The lowest BCUT2D eigenvalue weighted by atomic mass is 10.1. The summed E-state index contributed by atoms with van der Waals surface area (Å²) in [7, 11) is 0. The number of ether oxygens (including phenoxy) is 2. The fourth-order valence-corrected chi connectivity index (χ4v) is 2.30. The summed E-state index contributed by atoms with van der Waals surface area (Å²) < 4.78 is 10.6. The molecule has 4 nitrogen and oxygen atoms in total. The third-order valence-corrected chi connectivity index (χ3v) is 3.51. The molecule has 0 fully saturated rings. The smallest absolute Gasteiger partial charge is 0.255 e. The van der Waals surface area contributed by atoms with Crippen molar-refractivity contribution in [1.82, 2.24) is 5.32 Å². The molecule has 0 aromatic heterocycles. The molecule has 1 amide bonds. The number of rotatable bonds is 4. The molecule has 108 valence electrons. The van der Waals surface area contributed by atoms with E-state index in [1.807, 2.05) is 24.3 Å². The SMILES string of the molecule is O=C(NCCc1ccc(Cl)cc1)c1cccc2c1OCO2. The number of amides is 1. The van der Waals surface area contributed by atoms with E-state index >= 15 is 0 Å². The van der Waals surface area contributed by atoms with Gasteiger partial charge in [0.2, 0.25) is 6.79 Å². The van der Waals surface area contributed by atoms with Gasteiger partial charge in [0.25, 0.3) is 5.91 Å². The minimum atomic E-state index is -0.161. The maximum Gasteiger partial charge on any atom is 0.255 e. The van der Waals surface area contributed by atoms with E-state index in [-0.39, 0.29) is 12.7 Å². The van der Waals surface area contributed by atoms with Gasteiger partial charge < -0.3 is 14.8 Å². The first-order valence-corrected chi connectivity index (χ1v) is 7.03. The maximum absolute atomic E-state index is 12.2. The van der Waals surface area contributed by atoms with Crippen LogP contribution in [0.1, 0.15) is 15.9 Å². The van der Waals surface area contributed by atoms with E-state index in [1.165, 1.54) is 0 Å². The Hall–Kier alpha value is -2.20. The van der Waals surface area contributed by atoms with Crippen molar-refractivity contribution >= 4 is 17.5 Å². The summed E-state index contributed by atoms with van der Waals surface area (Å²) >= 11 is 5.83. The Labute approximate surface area is 127 Å². The molecule has 0 bridgehead atoms. The van der Waals surface area contributed by atoms with Crippen LogP contribution < -0.4 is 14.8 Å². The van der Waals surface area contributed by atoms with Crippen molar-refractivity contribution in [1.29, 1.82) is 0 Å². The van der Waals surface area contributed by atoms with E-state index < -0.39 is 0 Å². The van der Waals surface area contributed by atoms with Crippen molar-refractivity contribution in [3.05, 3.63) is 58.6 Å². The molecule has 1 N–H and O–H groups in total. The van der Waals surface area contributed by atoms with E-state index in [0.29, 0.717) is 28.6 Å². The molecule has 5 heteroatoms. The van der Waals surface area contributed by atoms with Crippen LogP contribution in [0.15, 0.2) is 42.5 Å². The molecule has 3 rings (SSSR count). The van der Waals surface area contributed by atoms with Crippen LogP contribution in [-0.4, -0.2) is 19.2 Å². The van der Waals surface area contributed by atoms with Gasteiger partial charge in [-0.2, -0.15) is 0 Å². The summed E-state index contributed by atoms with van der Waals surface area (Å²) in [4.78, 5) is 12.2. The quantitative estimate of drug-likeness (QED) is 0.944. The first-order chi connectivity index (χ1) is 10.2. The standard InChI is InChI=1S/C16H14ClNO3/c17-12-6-4-11(5-7-12)8-9-18-16(19)13-2-1-3-14-15(13)21-10-20-14/h1-7H,8-10H2,(H,18,19). The summed E-state index contributed by atoms with van der Waals surface area (Å²) in [5.74, 6) is 0.966. The number of carbonyl (C=O) groups is 1. The van der Waals surface area contributed by atoms with Crippen molar-refractivity contribution in [3.8, 4) is 11.5 Å². The van der Waals surface area contributed by atoms with Crippen LogP contribution in [-0.2, 0) is 6.42 Å². The monoisotopic (exact) mass is 303 g/mol. The van der Waals surface area contributed by atoms with E-state index in [1.54, 1.807) is 18.2 Å². The van der Waals surface area contributed by atoms with Crippen molar-refractivity contribution < 1.29 is 14.3 Å². The van der Waals surface area contributed by atoms with E-state index in [2.05, 4.69) is 5.32 Å². The summed E-state index contributed by atoms with van der Waals surface area (Å²) in [6.45, 7) is 0.704. The Kier molecular flexibility index (Phi) is 3.97. The number of benzene rings is 2. The number of carbonyl (C=O) groups excluding carboxylic acids is 1. The van der Waals surface area contributed by atoms with Gasteiger partial charge >= 0.3 is 0 Å². The summed E-state index contributed by atoms with van der Waals surface area (Å²) in [6.07, 6.45) is 0.745. The van der Waals surface area contributed by atoms with E-state index in [4.69, 9.17) is 21.1 Å². The molecular formula is C16H14ClNO3. The lowest BCUT2D eigenvalue weighted by Crippen LogP contribution is -2.25. The Balaban J connectivity index is 1.60. The molecule has 2 aromatic carbocycles. The van der Waals surface area contributed by atoms with Crippen molar-refractivity contribution in [2.45, 2.75) is 6.42 Å². The van der Waals surface area contributed by atoms with Gasteiger partial charge in [-0.1, -0.05) is 29.8 Å². The molecule has 1 aliphatic heterocycles. The molecule has 0 saturated carbocycles. The van der Waals surface area contributed by atoms with Crippen LogP contribution >= 0.6 is 11.6 Å². The predicted octanol–water partition coefficient (Wildman–Crippen LogP) is 3.04. The molecule has 0 unspecified atom stereocenters. The lowest BCUT2D eigenvalue weighted by molar-refractivity contribution is 0.0949. The average Bonchev–Trinajstić information content (AvgIpc) is 2.97. The van der Waals surface area contributed by atoms with E-state index in [9.17, 15) is 4.79 Å². The number of nitrogens with one attached hydrogen (secondary N) is 1. The number of para-hydroxylation sites is 1. The van der Waals surface area contributed by atoms with Crippen molar-refractivity contribution in [3.63, 3.8) is 0 Å². The Morgan fingerprint density at radius 1 is 1.14 bits per heavy atom. The number of hydrogen-bond donors (Lipinski definition) is 1. The van der Waals surface area contributed by atoms with Gasteiger partial charge in [-0.3, -0.25) is 4.79 Å². The third kappa shape index (κ3) is 3.11. The maximum atomic E-state index is 12.2. The molecular weight excluding hydrogens is 290 g/mol. The highest BCUT2D eigenvalue weighted by Gasteiger charge is 2.21. The van der Waals surface area contributed by atoms with Crippen LogP contribution in [0.2, 0.25) is 5.02 Å². The largest absolute Gasteiger partial charge is 0.454 e. The second-order valence-corrected chi connectivity index (χ2v) is 5.11. The number of fused-ring (bicyclic) bond motifs is 1. The minimum Gasteiger partial charge on any atom is -0.454 e. The second kappa shape index (κ2) is 6.06. The van der Waals surface area contributed by atoms with Gasteiger partial charge in [-0.05, 0) is 36.2 Å². The highest BCUT2D eigenvalue weighted by molar-refractivity contribution is 6.30. The minimum absolute atomic E-state index is 0.157. The fourth-order valence-electron chi connectivity index (χ4n) is 2.18. The third-order valence-electron chi connectivity index (χ3n) is 3.25. The molecule has 1 aliphatic rings. The molecule has 21 heavy (non-hydrogen) atoms. The molecule has 2 aromatic rings. The summed E-state index contributed by atoms with van der Waals surface area (Å²) in [5, 5.41) is 3.59. The molecule has 0 radical (unpaired) electrons. The molecule has 0 saturated heterocycles. The van der Waals surface area contributed by atoms with Gasteiger partial charge in [-0.25, -0.2) is 0 Å². The van der Waals surface area contributed by atoms with Crippen LogP contribution in [0.5, 0.6) is 11.5 Å². The van der Waals surface area contributed by atoms with Gasteiger partial charge in [-0.15, -0.1) is 0 Å². The first kappa shape index (κ1) is 13.8. The first-order valence-electron chi connectivity index (χ1n) is 6.65. The van der Waals surface area contributed by atoms with Gasteiger partial charge in [0.1, 0.15) is 0 Å². The van der Waals surface area contributed by atoms with E-state index in [0.717, 1.165) is 12.0 Å². The zero-order valence-corrected chi connectivity index (χ0v) is 12.0. The Morgan fingerprint density at radius 2 is 1.95 bits per heavy atom. The van der Waals surface area contributed by atoms with Crippen molar-refractivity contribution in [2.75, 3.05) is 13.3 Å². The van der Waals surface area contributed by atoms with Gasteiger partial charge in [0, 0.05) is 11.6 Å². The Bertz CT molecular complexity index is 655. The van der Waals surface area contributed by atoms with Crippen LogP contribution in [0.4, 0.5) is 0 Å². The lowest BCUT2D eigenvalue weighted by Gasteiger charge is -2.07. The molecule has 0 spiro atoms. The van der Waals surface area contributed by atoms with Crippen LogP contribution in [0.3, 0.4) is 0 Å². The predicted molar refractivity (Wildman–Crippen MR) is 80.1 cm³/mol. The van der Waals surface area contributed by atoms with Crippen molar-refractivity contribution in [2.24, 2.45) is 0 Å². The molecule has 0 aliphatic carbocycles. The Morgan fingerprint density at radius 3 is 2.76 bits per heavy atom. The zero-order valence-electron chi connectivity index (χ0n) is 11.3. The zero-order chi connectivity index (χ0) is 14.7. The second-order valence-electron chi connectivity index (χ2n) is 4.67. The topological polar surface area (TPSA) is 47.6 Å². The van der Waals surface area contributed by atoms with Gasteiger partial charge in [0.15, 0.2) is 11.5 Å². The summed E-state index contributed by atoms with van der Waals surface area (Å²) in [5.41, 5.74) is 1.62.